The van der Waals surface area contributed by atoms with Crippen LogP contribution >= 0.6 is 23.5 Å². The van der Waals surface area contributed by atoms with Crippen LogP contribution in [0.15, 0.2) is 48.5 Å². The number of benzene rings is 2. The van der Waals surface area contributed by atoms with Crippen LogP contribution < -0.4 is 9.64 Å². The number of para-hydroxylation sites is 2. The molecule has 0 bridgehead atoms. The number of hydrogen-bond donors (Lipinski definition) is 0. The Morgan fingerprint density at radius 1 is 1.03 bits per heavy atom. The number of anilines is 1. The number of hydrogen-bond acceptors (Lipinski definition) is 5. The SMILES string of the molecule is CN(C)C(=O)[C@@H]1CN(C(=O)c2ccc(C3SCCCS3)cc2)c2ccccc2O1. The molecule has 0 unspecified atom stereocenters. The summed E-state index contributed by atoms with van der Waals surface area (Å²) in [5, 5.41) is 0. The number of fused-ring (bicyclic) bond motifs is 1. The van der Waals surface area contributed by atoms with E-state index in [1.54, 1.807) is 25.1 Å². The van der Waals surface area contributed by atoms with E-state index in [9.17, 15) is 9.59 Å². The molecule has 1 atom stereocenters. The normalized spacial score (nSPS) is 19.2. The Morgan fingerprint density at radius 2 is 1.72 bits per heavy atom. The van der Waals surface area contributed by atoms with Crippen LogP contribution in [0.3, 0.4) is 0 Å². The lowest BCUT2D eigenvalue weighted by Gasteiger charge is -2.35. The molecule has 2 amide bonds. The first kappa shape index (κ1) is 20.2. The predicted molar refractivity (Wildman–Crippen MR) is 120 cm³/mol. The van der Waals surface area contributed by atoms with Gasteiger partial charge in [0.2, 0.25) is 0 Å². The Labute approximate surface area is 179 Å². The Balaban J connectivity index is 1.58. The molecule has 0 N–H and O–H groups in total. The third kappa shape index (κ3) is 4.26. The zero-order chi connectivity index (χ0) is 20.4. The summed E-state index contributed by atoms with van der Waals surface area (Å²) < 4.78 is 6.32. The van der Waals surface area contributed by atoms with Crippen molar-refractivity contribution < 1.29 is 14.3 Å². The minimum atomic E-state index is -0.710. The molecule has 0 spiro atoms. The maximum atomic E-state index is 13.3. The molecule has 2 aromatic carbocycles. The molecule has 2 aliphatic heterocycles. The lowest BCUT2D eigenvalue weighted by Crippen LogP contribution is -2.50. The zero-order valence-corrected chi connectivity index (χ0v) is 18.2. The van der Waals surface area contributed by atoms with Gasteiger partial charge < -0.3 is 14.5 Å². The van der Waals surface area contributed by atoms with E-state index in [1.807, 2.05) is 53.9 Å². The lowest BCUT2D eigenvalue weighted by molar-refractivity contribution is -0.135. The molecule has 0 radical (unpaired) electrons. The van der Waals surface area contributed by atoms with Gasteiger partial charge in [0.05, 0.1) is 16.8 Å². The fourth-order valence-electron chi connectivity index (χ4n) is 3.46. The van der Waals surface area contributed by atoms with Crippen molar-refractivity contribution in [2.75, 3.05) is 37.0 Å². The number of carbonyl (C=O) groups excluding carboxylic acids is 2. The van der Waals surface area contributed by atoms with Gasteiger partial charge in [-0.15, -0.1) is 23.5 Å². The Kier molecular flexibility index (Phi) is 6.06. The molecule has 2 heterocycles. The first-order valence-corrected chi connectivity index (χ1v) is 11.8. The van der Waals surface area contributed by atoms with Crippen LogP contribution in [0.2, 0.25) is 0 Å². The zero-order valence-electron chi connectivity index (χ0n) is 16.5. The second-order valence-electron chi connectivity index (χ2n) is 7.27. The first-order valence-electron chi connectivity index (χ1n) is 9.66. The highest BCUT2D eigenvalue weighted by Gasteiger charge is 2.35. The molecule has 0 aromatic heterocycles. The summed E-state index contributed by atoms with van der Waals surface area (Å²) >= 11 is 3.93. The summed E-state index contributed by atoms with van der Waals surface area (Å²) in [7, 11) is 3.39. The van der Waals surface area contributed by atoms with Gasteiger partial charge in [-0.05, 0) is 47.8 Å². The summed E-state index contributed by atoms with van der Waals surface area (Å²) in [5.41, 5.74) is 2.56. The highest BCUT2D eigenvalue weighted by atomic mass is 32.2. The van der Waals surface area contributed by atoms with Crippen LogP contribution in [-0.2, 0) is 4.79 Å². The van der Waals surface area contributed by atoms with Gasteiger partial charge in [0, 0.05) is 19.7 Å². The molecule has 152 valence electrons. The second-order valence-corrected chi connectivity index (χ2v) is 10.00. The lowest BCUT2D eigenvalue weighted by atomic mass is 10.1. The van der Waals surface area contributed by atoms with E-state index in [2.05, 4.69) is 12.1 Å². The largest absolute Gasteiger partial charge is 0.476 e. The van der Waals surface area contributed by atoms with Crippen LogP contribution in [0.25, 0.3) is 0 Å². The second kappa shape index (κ2) is 8.71. The van der Waals surface area contributed by atoms with Gasteiger partial charge in [-0.2, -0.15) is 0 Å². The fraction of sp³-hybridized carbons (Fsp3) is 0.364. The number of amides is 2. The Bertz CT molecular complexity index is 895. The number of thioether (sulfide) groups is 2. The van der Waals surface area contributed by atoms with E-state index < -0.39 is 6.10 Å². The van der Waals surface area contributed by atoms with Gasteiger partial charge in [0.25, 0.3) is 11.8 Å². The summed E-state index contributed by atoms with van der Waals surface area (Å²) in [6.45, 7) is 0.197. The monoisotopic (exact) mass is 428 g/mol. The Hall–Kier alpha value is -2.12. The van der Waals surface area contributed by atoms with Gasteiger partial charge in [-0.3, -0.25) is 9.59 Å². The predicted octanol–water partition coefficient (Wildman–Crippen LogP) is 4.05. The molecule has 2 aliphatic rings. The van der Waals surface area contributed by atoms with Crippen molar-refractivity contribution in [1.29, 1.82) is 0 Å². The average Bonchev–Trinajstić information content (AvgIpc) is 2.78. The molecule has 2 aromatic rings. The minimum absolute atomic E-state index is 0.118. The van der Waals surface area contributed by atoms with E-state index in [1.165, 1.54) is 28.4 Å². The third-order valence-electron chi connectivity index (χ3n) is 4.99. The molecular weight excluding hydrogens is 404 g/mol. The summed E-state index contributed by atoms with van der Waals surface area (Å²) in [5.74, 6) is 2.65. The van der Waals surface area contributed by atoms with E-state index >= 15 is 0 Å². The molecule has 1 saturated heterocycles. The number of likely N-dealkylation sites (N-methyl/N-ethyl adjacent to an activating group) is 1. The molecule has 1 fully saturated rings. The first-order chi connectivity index (χ1) is 14.0. The number of ether oxygens (including phenoxy) is 1. The molecule has 5 nitrogen and oxygen atoms in total. The van der Waals surface area contributed by atoms with Gasteiger partial charge in [0.1, 0.15) is 5.75 Å². The highest BCUT2D eigenvalue weighted by molar-refractivity contribution is 8.16. The van der Waals surface area contributed by atoms with E-state index in [4.69, 9.17) is 4.74 Å². The summed E-state index contributed by atoms with van der Waals surface area (Å²) in [6, 6.07) is 15.3. The van der Waals surface area contributed by atoms with Crippen molar-refractivity contribution in [2.45, 2.75) is 17.1 Å². The number of rotatable bonds is 3. The van der Waals surface area contributed by atoms with Gasteiger partial charge in [-0.25, -0.2) is 0 Å². The summed E-state index contributed by atoms with van der Waals surface area (Å²) in [4.78, 5) is 29.0. The van der Waals surface area contributed by atoms with Gasteiger partial charge >= 0.3 is 0 Å². The molecule has 0 saturated carbocycles. The quantitative estimate of drug-likeness (QED) is 0.738. The molecule has 0 aliphatic carbocycles. The number of carbonyl (C=O) groups is 2. The van der Waals surface area contributed by atoms with E-state index in [0.29, 0.717) is 21.6 Å². The van der Waals surface area contributed by atoms with Crippen LogP contribution in [0.1, 0.15) is 26.9 Å². The van der Waals surface area contributed by atoms with Crippen LogP contribution in [0.5, 0.6) is 5.75 Å². The molecule has 7 heteroatoms. The van der Waals surface area contributed by atoms with E-state index in [0.717, 1.165) is 0 Å². The van der Waals surface area contributed by atoms with E-state index in [-0.39, 0.29) is 18.4 Å². The smallest absolute Gasteiger partial charge is 0.265 e. The van der Waals surface area contributed by atoms with Crippen molar-refractivity contribution >= 4 is 41.0 Å². The van der Waals surface area contributed by atoms with Crippen LogP contribution in [0.4, 0.5) is 5.69 Å². The van der Waals surface area contributed by atoms with Crippen molar-refractivity contribution in [3.05, 3.63) is 59.7 Å². The van der Waals surface area contributed by atoms with Crippen LogP contribution in [-0.4, -0.2) is 55.0 Å². The van der Waals surface area contributed by atoms with Crippen molar-refractivity contribution in [2.24, 2.45) is 0 Å². The molecule has 4 rings (SSSR count). The Morgan fingerprint density at radius 3 is 2.41 bits per heavy atom. The molecule has 29 heavy (non-hydrogen) atoms. The van der Waals surface area contributed by atoms with Crippen molar-refractivity contribution in [3.8, 4) is 5.75 Å². The summed E-state index contributed by atoms with van der Waals surface area (Å²) in [6.07, 6.45) is 0.546. The van der Waals surface area contributed by atoms with Crippen molar-refractivity contribution in [1.82, 2.24) is 4.90 Å². The maximum Gasteiger partial charge on any atom is 0.265 e. The minimum Gasteiger partial charge on any atom is -0.476 e. The highest BCUT2D eigenvalue weighted by Crippen LogP contribution is 2.43. The molecular formula is C22H24N2O3S2. The fourth-order valence-corrected chi connectivity index (χ4v) is 6.36. The van der Waals surface area contributed by atoms with Gasteiger partial charge in [0.15, 0.2) is 6.10 Å². The topological polar surface area (TPSA) is 49.9 Å². The maximum absolute atomic E-state index is 13.3. The van der Waals surface area contributed by atoms with Crippen LogP contribution in [0, 0.1) is 0 Å². The number of nitrogens with zero attached hydrogens (tertiary/aromatic N) is 2. The standard InChI is InChI=1S/C22H24N2O3S2/c1-23(2)21(26)19-14-24(17-6-3-4-7-18(17)27-19)20(25)15-8-10-16(11-9-15)22-28-12-5-13-29-22/h3-4,6-11,19,22H,5,12-14H2,1-2H3/t19-/m0/s1. The average molecular weight is 429 g/mol. The van der Waals surface area contributed by atoms with Crippen molar-refractivity contribution in [3.63, 3.8) is 0 Å². The third-order valence-corrected chi connectivity index (χ3v) is 8.01. The van der Waals surface area contributed by atoms with Gasteiger partial charge in [-0.1, -0.05) is 24.3 Å².